The van der Waals surface area contributed by atoms with Crippen LogP contribution in [0.4, 0.5) is 4.79 Å². The van der Waals surface area contributed by atoms with Gasteiger partial charge in [0, 0.05) is 25.9 Å². The molecule has 28 heavy (non-hydrogen) atoms. The minimum atomic E-state index is -0.467. The Balaban J connectivity index is 1.62. The van der Waals surface area contributed by atoms with Crippen molar-refractivity contribution in [1.82, 2.24) is 10.2 Å². The Morgan fingerprint density at radius 2 is 1.89 bits per heavy atom. The lowest BCUT2D eigenvalue weighted by Crippen LogP contribution is -2.38. The van der Waals surface area contributed by atoms with E-state index >= 15 is 0 Å². The zero-order chi connectivity index (χ0) is 20.2. The smallest absolute Gasteiger partial charge is 0.407 e. The molecular weight excluding hydrogens is 360 g/mol. The number of amides is 2. The highest BCUT2D eigenvalue weighted by Gasteiger charge is 2.31. The lowest BCUT2D eigenvalue weighted by molar-refractivity contribution is -0.140. The fraction of sp³-hybridized carbons (Fsp3) is 0.571. The predicted molar refractivity (Wildman–Crippen MR) is 104 cm³/mol. The summed E-state index contributed by atoms with van der Waals surface area (Å²) in [6.45, 7) is 1.30. The van der Waals surface area contributed by atoms with Crippen molar-refractivity contribution < 1.29 is 23.9 Å². The first-order valence-electron chi connectivity index (χ1n) is 9.91. The Morgan fingerprint density at radius 1 is 1.14 bits per heavy atom. The summed E-state index contributed by atoms with van der Waals surface area (Å²) >= 11 is 0. The lowest BCUT2D eigenvalue weighted by atomic mass is 10.1. The number of alkyl carbamates (subject to hydrolysis) is 1. The van der Waals surface area contributed by atoms with Crippen LogP contribution in [0.15, 0.2) is 30.3 Å². The largest absolute Gasteiger partial charge is 0.469 e. The third-order valence-corrected chi connectivity index (χ3v) is 4.90. The van der Waals surface area contributed by atoms with E-state index in [-0.39, 0.29) is 24.5 Å². The number of carbonyl (C=O) groups is 3. The van der Waals surface area contributed by atoms with Crippen LogP contribution in [0, 0.1) is 0 Å². The topological polar surface area (TPSA) is 84.9 Å². The van der Waals surface area contributed by atoms with Gasteiger partial charge in [0.25, 0.3) is 0 Å². The minimum absolute atomic E-state index is 0.0509. The Hall–Kier alpha value is -2.57. The summed E-state index contributed by atoms with van der Waals surface area (Å²) in [7, 11) is 1.39. The molecule has 2 amide bonds. The van der Waals surface area contributed by atoms with Gasteiger partial charge in [-0.2, -0.15) is 0 Å². The molecule has 1 aromatic carbocycles. The molecule has 1 saturated heterocycles. The number of ether oxygens (including phenoxy) is 2. The molecule has 1 fully saturated rings. The van der Waals surface area contributed by atoms with Crippen LogP contribution in [0.3, 0.4) is 0 Å². The molecule has 1 N–H and O–H groups in total. The van der Waals surface area contributed by atoms with E-state index in [1.54, 1.807) is 0 Å². The van der Waals surface area contributed by atoms with Gasteiger partial charge in [-0.15, -0.1) is 0 Å². The number of esters is 1. The minimum Gasteiger partial charge on any atom is -0.469 e. The number of nitrogens with one attached hydrogen (secondary N) is 1. The standard InChI is InChI=1S/C21H30N2O5/c1-27-20(25)11-7-2-3-8-14-23-18(12-13-19(23)24)16-28-21(26)22-15-17-9-5-4-6-10-17/h4-6,9-10,18H,2-3,7-8,11-16H2,1H3,(H,22,26)/t18-/m1/s1. The molecule has 1 heterocycles. The van der Waals surface area contributed by atoms with Crippen molar-refractivity contribution in [3.8, 4) is 0 Å². The maximum Gasteiger partial charge on any atom is 0.407 e. The molecule has 0 bridgehead atoms. The second-order valence-electron chi connectivity index (χ2n) is 6.96. The molecule has 154 valence electrons. The molecule has 7 nitrogen and oxygen atoms in total. The second kappa shape index (κ2) is 12.0. The summed E-state index contributed by atoms with van der Waals surface area (Å²) in [5.74, 6) is -0.0645. The van der Waals surface area contributed by atoms with Gasteiger partial charge in [0.1, 0.15) is 6.61 Å². The van der Waals surface area contributed by atoms with Gasteiger partial charge in [-0.1, -0.05) is 43.2 Å². The van der Waals surface area contributed by atoms with E-state index in [4.69, 9.17) is 4.74 Å². The fourth-order valence-corrected chi connectivity index (χ4v) is 3.27. The SMILES string of the molecule is COC(=O)CCCCCCN1C(=O)CC[C@@H]1COC(=O)NCc1ccccc1. The number of nitrogens with zero attached hydrogens (tertiary/aromatic N) is 1. The molecule has 2 rings (SSSR count). The summed E-state index contributed by atoms with van der Waals surface area (Å²) in [4.78, 5) is 36.9. The zero-order valence-electron chi connectivity index (χ0n) is 16.5. The number of hydrogen-bond donors (Lipinski definition) is 1. The summed E-state index contributed by atoms with van der Waals surface area (Å²) in [6.07, 6.45) is 4.75. The van der Waals surface area contributed by atoms with Crippen LogP contribution in [-0.4, -0.2) is 49.2 Å². The van der Waals surface area contributed by atoms with Crippen LogP contribution in [0.1, 0.15) is 50.5 Å². The molecule has 0 unspecified atom stereocenters. The molecule has 1 aliphatic rings. The average molecular weight is 390 g/mol. The van der Waals surface area contributed by atoms with Crippen molar-refractivity contribution in [2.45, 2.75) is 57.5 Å². The molecule has 0 spiro atoms. The van der Waals surface area contributed by atoms with E-state index in [2.05, 4.69) is 10.1 Å². The van der Waals surface area contributed by atoms with Crippen molar-refractivity contribution in [2.75, 3.05) is 20.3 Å². The van der Waals surface area contributed by atoms with Crippen LogP contribution < -0.4 is 5.32 Å². The summed E-state index contributed by atoms with van der Waals surface area (Å²) < 4.78 is 9.93. The maximum absolute atomic E-state index is 12.1. The number of unbranched alkanes of at least 4 members (excludes halogenated alkanes) is 3. The Morgan fingerprint density at radius 3 is 2.64 bits per heavy atom. The molecule has 0 radical (unpaired) electrons. The van der Waals surface area contributed by atoms with E-state index in [1.807, 2.05) is 35.2 Å². The van der Waals surface area contributed by atoms with E-state index in [9.17, 15) is 14.4 Å². The van der Waals surface area contributed by atoms with E-state index in [0.29, 0.717) is 32.4 Å². The van der Waals surface area contributed by atoms with Gasteiger partial charge in [-0.3, -0.25) is 9.59 Å². The van der Waals surface area contributed by atoms with Gasteiger partial charge >= 0.3 is 12.1 Å². The van der Waals surface area contributed by atoms with Crippen molar-refractivity contribution in [3.63, 3.8) is 0 Å². The monoisotopic (exact) mass is 390 g/mol. The fourth-order valence-electron chi connectivity index (χ4n) is 3.27. The van der Waals surface area contributed by atoms with Crippen LogP contribution in [0.2, 0.25) is 0 Å². The Labute approximate surface area is 166 Å². The Bertz CT molecular complexity index is 635. The van der Waals surface area contributed by atoms with Crippen molar-refractivity contribution in [2.24, 2.45) is 0 Å². The summed E-state index contributed by atoms with van der Waals surface area (Å²) in [5.41, 5.74) is 1.00. The normalized spacial score (nSPS) is 16.1. The quantitative estimate of drug-likeness (QED) is 0.464. The predicted octanol–water partition coefficient (Wildman–Crippen LogP) is 3.03. The first-order chi connectivity index (χ1) is 13.6. The number of benzene rings is 1. The van der Waals surface area contributed by atoms with Gasteiger partial charge in [0.2, 0.25) is 5.91 Å². The van der Waals surface area contributed by atoms with E-state index < -0.39 is 6.09 Å². The first-order valence-corrected chi connectivity index (χ1v) is 9.91. The number of likely N-dealkylation sites (tertiary alicyclic amines) is 1. The average Bonchev–Trinajstić information content (AvgIpc) is 3.07. The Kier molecular flexibility index (Phi) is 9.31. The lowest BCUT2D eigenvalue weighted by Gasteiger charge is -2.24. The number of hydrogen-bond acceptors (Lipinski definition) is 5. The zero-order valence-corrected chi connectivity index (χ0v) is 16.5. The van der Waals surface area contributed by atoms with Crippen LogP contribution >= 0.6 is 0 Å². The molecule has 0 saturated carbocycles. The number of carbonyl (C=O) groups excluding carboxylic acids is 3. The highest BCUT2D eigenvalue weighted by Crippen LogP contribution is 2.20. The van der Waals surface area contributed by atoms with Crippen LogP contribution in [0.25, 0.3) is 0 Å². The molecule has 7 heteroatoms. The maximum atomic E-state index is 12.1. The van der Waals surface area contributed by atoms with Gasteiger partial charge in [0.15, 0.2) is 0 Å². The number of methoxy groups -OCH3 is 1. The highest BCUT2D eigenvalue weighted by atomic mass is 16.5. The van der Waals surface area contributed by atoms with Crippen molar-refractivity contribution >= 4 is 18.0 Å². The van der Waals surface area contributed by atoms with Gasteiger partial charge < -0.3 is 19.7 Å². The van der Waals surface area contributed by atoms with Crippen LogP contribution in [0.5, 0.6) is 0 Å². The number of rotatable bonds is 11. The summed E-state index contributed by atoms with van der Waals surface area (Å²) in [5, 5.41) is 2.73. The second-order valence-corrected chi connectivity index (χ2v) is 6.96. The summed E-state index contributed by atoms with van der Waals surface area (Å²) in [6, 6.07) is 9.57. The molecule has 1 aromatic rings. The van der Waals surface area contributed by atoms with Gasteiger partial charge in [0.05, 0.1) is 13.2 Å². The van der Waals surface area contributed by atoms with Crippen LogP contribution in [-0.2, 0) is 25.6 Å². The van der Waals surface area contributed by atoms with E-state index in [1.165, 1.54) is 7.11 Å². The third kappa shape index (κ3) is 7.58. The third-order valence-electron chi connectivity index (χ3n) is 4.90. The molecule has 0 aromatic heterocycles. The molecule has 1 aliphatic heterocycles. The van der Waals surface area contributed by atoms with E-state index in [0.717, 1.165) is 31.2 Å². The van der Waals surface area contributed by atoms with Crippen molar-refractivity contribution in [3.05, 3.63) is 35.9 Å². The molecule has 1 atom stereocenters. The highest BCUT2D eigenvalue weighted by molar-refractivity contribution is 5.78. The first kappa shape index (κ1) is 21.7. The molecular formula is C21H30N2O5. The van der Waals surface area contributed by atoms with Gasteiger partial charge in [-0.25, -0.2) is 4.79 Å². The van der Waals surface area contributed by atoms with Crippen molar-refractivity contribution in [1.29, 1.82) is 0 Å². The molecule has 0 aliphatic carbocycles. The van der Waals surface area contributed by atoms with Gasteiger partial charge in [-0.05, 0) is 24.8 Å².